The first-order chi connectivity index (χ1) is 15.2. The number of nitrogens with one attached hydrogen (secondary N) is 1. The van der Waals surface area contributed by atoms with E-state index in [4.69, 9.17) is 11.6 Å². The topological polar surface area (TPSA) is 120 Å². The van der Waals surface area contributed by atoms with Gasteiger partial charge in [-0.25, -0.2) is 9.78 Å². The van der Waals surface area contributed by atoms with Crippen LogP contribution in [0.4, 0.5) is 0 Å². The summed E-state index contributed by atoms with van der Waals surface area (Å²) in [6, 6.07) is 6.73. The molecule has 0 saturated carbocycles. The lowest BCUT2D eigenvalue weighted by atomic mass is 9.79. The smallest absolute Gasteiger partial charge is 0.353 e. The number of halogens is 1. The van der Waals surface area contributed by atoms with Gasteiger partial charge in [0.05, 0.1) is 18.1 Å². The van der Waals surface area contributed by atoms with Gasteiger partial charge in [-0.2, -0.15) is 0 Å². The van der Waals surface area contributed by atoms with Gasteiger partial charge in [-0.3, -0.25) is 9.59 Å². The lowest BCUT2D eigenvalue weighted by Crippen LogP contribution is -2.63. The third-order valence-electron chi connectivity index (χ3n) is 5.59. The summed E-state index contributed by atoms with van der Waals surface area (Å²) in [5.41, 5.74) is 1.06. The molecular weight excluding hydrogens is 474 g/mol. The summed E-state index contributed by atoms with van der Waals surface area (Å²) in [6.45, 7) is 3.69. The molecule has 2 amide bonds. The zero-order chi connectivity index (χ0) is 23.2. The van der Waals surface area contributed by atoms with E-state index in [2.05, 4.69) is 10.3 Å². The Kier molecular flexibility index (Phi) is 6.30. The molecule has 1 aromatic heterocycles. The fourth-order valence-electron chi connectivity index (χ4n) is 4.03. The van der Waals surface area contributed by atoms with Gasteiger partial charge in [-0.05, 0) is 24.6 Å². The highest BCUT2D eigenvalue weighted by Crippen LogP contribution is 2.52. The van der Waals surface area contributed by atoms with Gasteiger partial charge < -0.3 is 20.4 Å². The molecule has 2 aliphatic rings. The molecule has 8 nitrogen and oxygen atoms in total. The van der Waals surface area contributed by atoms with Crippen LogP contribution in [-0.2, 0) is 16.1 Å². The fraction of sp³-hybridized carbons (Fsp3) is 0.333. The molecular formula is C21H20ClN3O5S2. The molecule has 1 fully saturated rings. The van der Waals surface area contributed by atoms with Crippen LogP contribution in [0.3, 0.4) is 0 Å². The molecule has 2 aliphatic heterocycles. The Hall–Kier alpha value is -2.40. The van der Waals surface area contributed by atoms with Crippen LogP contribution in [0.2, 0.25) is 5.02 Å². The van der Waals surface area contributed by atoms with Crippen LogP contribution < -0.4 is 5.32 Å². The van der Waals surface area contributed by atoms with Crippen LogP contribution in [0.1, 0.15) is 29.9 Å². The van der Waals surface area contributed by atoms with Crippen molar-refractivity contribution in [1.29, 1.82) is 0 Å². The molecule has 4 atom stereocenters. The number of fused-ring (bicyclic) bond motifs is 1. The summed E-state index contributed by atoms with van der Waals surface area (Å²) in [5, 5.41) is 24.7. The van der Waals surface area contributed by atoms with Gasteiger partial charge in [-0.15, -0.1) is 11.3 Å². The number of rotatable bonds is 7. The molecule has 0 radical (unpaired) electrons. The number of β-lactam (4-membered cyclic amide) rings is 1. The number of thiazole rings is 1. The molecule has 0 bridgehead atoms. The number of aliphatic carboxylic acids is 1. The Morgan fingerprint density at radius 1 is 1.34 bits per heavy atom. The van der Waals surface area contributed by atoms with E-state index in [1.165, 1.54) is 23.2 Å². The van der Waals surface area contributed by atoms with Crippen molar-refractivity contribution in [3.63, 3.8) is 0 Å². The average Bonchev–Trinajstić information content (AvgIpc) is 3.29. The van der Waals surface area contributed by atoms with E-state index in [0.29, 0.717) is 20.8 Å². The quantitative estimate of drug-likeness (QED) is 0.507. The molecule has 0 spiro atoms. The molecule has 32 heavy (non-hydrogen) atoms. The van der Waals surface area contributed by atoms with Crippen molar-refractivity contribution in [2.24, 2.45) is 11.8 Å². The normalized spacial score (nSPS) is 23.1. The molecule has 3 N–H and O–H groups in total. The molecule has 4 rings (SSSR count). The monoisotopic (exact) mass is 493 g/mol. The number of amides is 2. The number of aliphatic hydroxyl groups excluding tert-OH is 1. The first kappa shape index (κ1) is 22.8. The molecule has 1 saturated heterocycles. The first-order valence-corrected chi connectivity index (χ1v) is 11.9. The van der Waals surface area contributed by atoms with Crippen molar-refractivity contribution in [2.45, 2.75) is 36.9 Å². The van der Waals surface area contributed by atoms with Crippen LogP contribution in [0, 0.1) is 11.8 Å². The zero-order valence-electron chi connectivity index (χ0n) is 17.1. The highest BCUT2D eigenvalue weighted by molar-refractivity contribution is 8.04. The van der Waals surface area contributed by atoms with Gasteiger partial charge in [0.2, 0.25) is 5.91 Å². The number of hydrogen-bond acceptors (Lipinski definition) is 7. The van der Waals surface area contributed by atoms with Gasteiger partial charge in [0.15, 0.2) is 4.34 Å². The van der Waals surface area contributed by atoms with Crippen molar-refractivity contribution in [3.8, 4) is 0 Å². The maximum atomic E-state index is 12.5. The Morgan fingerprint density at radius 3 is 2.66 bits per heavy atom. The summed E-state index contributed by atoms with van der Waals surface area (Å²) in [7, 11) is 0. The minimum Gasteiger partial charge on any atom is -0.477 e. The van der Waals surface area contributed by atoms with E-state index in [0.717, 1.165) is 17.3 Å². The number of thioether (sulfide) groups is 1. The average molecular weight is 494 g/mol. The second-order valence-electron chi connectivity index (χ2n) is 7.68. The maximum Gasteiger partial charge on any atom is 0.353 e. The summed E-state index contributed by atoms with van der Waals surface area (Å²) >= 11 is 8.24. The number of carbonyl (C=O) groups is 3. The Labute approximate surface area is 197 Å². The predicted octanol–water partition coefficient (Wildman–Crippen LogP) is 2.97. The number of carbonyl (C=O) groups excluding carboxylic acids is 2. The standard InChI is InChI=1S/C21H20ClN3O5S2/c1-9-15-14(10(2)26)19(28)25(15)16(20(29)30)17(9)32-21-24-13(8-31-21)18(27)23-7-11-3-5-12(22)6-4-11/h3-6,8-10,14-15,26H,7H2,1-2H3,(H,23,27)(H,29,30)/t9-,10-,14-,15-/m1/s1. The van der Waals surface area contributed by atoms with E-state index < -0.39 is 24.0 Å². The SMILES string of the molecule is C[C@@H](O)[C@H]1C(=O)N2C(C(=O)O)=C(Sc3nc(C(=O)NCc4ccc(Cl)cc4)cs3)[C@H](C)[C@H]12. The molecule has 1 aromatic carbocycles. The first-order valence-electron chi connectivity index (χ1n) is 9.83. The number of carboxylic acids is 1. The third kappa shape index (κ3) is 4.03. The summed E-state index contributed by atoms with van der Waals surface area (Å²) in [4.78, 5) is 42.9. The van der Waals surface area contributed by atoms with Crippen molar-refractivity contribution < 1.29 is 24.6 Å². The molecule has 3 heterocycles. The second-order valence-corrected chi connectivity index (χ2v) is 10.3. The Balaban J connectivity index is 1.47. The summed E-state index contributed by atoms with van der Waals surface area (Å²) in [5.74, 6) is -2.82. The number of aromatic nitrogens is 1. The zero-order valence-corrected chi connectivity index (χ0v) is 19.5. The lowest BCUT2D eigenvalue weighted by molar-refractivity contribution is -0.163. The highest BCUT2D eigenvalue weighted by atomic mass is 35.5. The third-order valence-corrected chi connectivity index (χ3v) is 8.07. The predicted molar refractivity (Wildman–Crippen MR) is 120 cm³/mol. The van der Waals surface area contributed by atoms with E-state index in [-0.39, 0.29) is 29.1 Å². The molecule has 2 aromatic rings. The fourth-order valence-corrected chi connectivity index (χ4v) is 6.23. The van der Waals surface area contributed by atoms with Gasteiger partial charge in [0.25, 0.3) is 5.91 Å². The number of aliphatic hydroxyl groups is 1. The minimum absolute atomic E-state index is 0.0710. The van der Waals surface area contributed by atoms with Gasteiger partial charge in [0, 0.05) is 27.8 Å². The van der Waals surface area contributed by atoms with Crippen molar-refractivity contribution in [3.05, 3.63) is 56.5 Å². The van der Waals surface area contributed by atoms with Gasteiger partial charge in [-0.1, -0.05) is 42.4 Å². The second kappa shape index (κ2) is 8.86. The van der Waals surface area contributed by atoms with Crippen molar-refractivity contribution >= 4 is 52.5 Å². The van der Waals surface area contributed by atoms with Crippen molar-refractivity contribution in [1.82, 2.24) is 15.2 Å². The van der Waals surface area contributed by atoms with E-state index >= 15 is 0 Å². The van der Waals surface area contributed by atoms with E-state index in [9.17, 15) is 24.6 Å². The number of carboxylic acid groups (broad SMARTS) is 1. The van der Waals surface area contributed by atoms with E-state index in [1.807, 2.05) is 19.1 Å². The van der Waals surface area contributed by atoms with Crippen LogP contribution in [-0.4, -0.2) is 50.0 Å². The van der Waals surface area contributed by atoms with Crippen LogP contribution in [0.15, 0.2) is 44.6 Å². The van der Waals surface area contributed by atoms with Crippen LogP contribution in [0.25, 0.3) is 0 Å². The summed E-state index contributed by atoms with van der Waals surface area (Å²) < 4.78 is 0.505. The van der Waals surface area contributed by atoms with Crippen LogP contribution >= 0.6 is 34.7 Å². The molecule has 0 aliphatic carbocycles. The molecule has 0 unspecified atom stereocenters. The number of benzene rings is 1. The lowest BCUT2D eigenvalue weighted by Gasteiger charge is -2.46. The summed E-state index contributed by atoms with van der Waals surface area (Å²) in [6.07, 6.45) is -0.860. The largest absolute Gasteiger partial charge is 0.477 e. The minimum atomic E-state index is -1.20. The Bertz CT molecular complexity index is 1110. The van der Waals surface area contributed by atoms with Crippen LogP contribution in [0.5, 0.6) is 0 Å². The van der Waals surface area contributed by atoms with Gasteiger partial charge >= 0.3 is 5.97 Å². The highest BCUT2D eigenvalue weighted by Gasteiger charge is 2.60. The number of nitrogens with zero attached hydrogens (tertiary/aromatic N) is 2. The maximum absolute atomic E-state index is 12.5. The number of hydrogen-bond donors (Lipinski definition) is 3. The Morgan fingerprint density at radius 2 is 2.03 bits per heavy atom. The molecule has 11 heteroatoms. The van der Waals surface area contributed by atoms with Gasteiger partial charge in [0.1, 0.15) is 11.4 Å². The van der Waals surface area contributed by atoms with Crippen molar-refractivity contribution in [2.75, 3.05) is 0 Å². The van der Waals surface area contributed by atoms with E-state index in [1.54, 1.807) is 17.5 Å². The molecule has 168 valence electrons.